The molecule has 1 rings (SSSR count). The first-order chi connectivity index (χ1) is 6.13. The fourth-order valence-corrected chi connectivity index (χ4v) is 0.949. The third-order valence-corrected chi connectivity index (χ3v) is 1.64. The molecule has 0 spiro atoms. The molecule has 70 valence electrons. The summed E-state index contributed by atoms with van der Waals surface area (Å²) >= 11 is 0. The van der Waals surface area contributed by atoms with E-state index in [0.29, 0.717) is 5.56 Å². The maximum atomic E-state index is 12.6. The largest absolute Gasteiger partial charge is 0.476 e. The molecule has 1 heterocycles. The van der Waals surface area contributed by atoms with Crippen LogP contribution in [0.25, 0.3) is 6.08 Å². The Kier molecular flexibility index (Phi) is 2.84. The summed E-state index contributed by atoms with van der Waals surface area (Å²) in [5.41, 5.74) is 0.557. The zero-order chi connectivity index (χ0) is 9.84. The molecule has 0 amide bonds. The molecule has 3 nitrogen and oxygen atoms in total. The summed E-state index contributed by atoms with van der Waals surface area (Å²) < 4.78 is 14.4. The fourth-order valence-electron chi connectivity index (χ4n) is 0.949. The van der Waals surface area contributed by atoms with Gasteiger partial charge in [0.2, 0.25) is 5.83 Å². The Balaban J connectivity index is 2.84. The Hall–Kier alpha value is -1.58. The highest BCUT2D eigenvalue weighted by Gasteiger charge is 2.04. The van der Waals surface area contributed by atoms with Gasteiger partial charge in [-0.05, 0) is 24.6 Å². The summed E-state index contributed by atoms with van der Waals surface area (Å²) in [5.74, 6) is -2.68. The number of carboxylic acids is 1. The van der Waals surface area contributed by atoms with Crippen LogP contribution in [0.5, 0.6) is 0 Å². The van der Waals surface area contributed by atoms with Crippen molar-refractivity contribution in [1.29, 1.82) is 0 Å². The van der Waals surface area contributed by atoms with E-state index in [2.05, 4.69) is 0 Å². The highest BCUT2D eigenvalue weighted by atomic mass is 19.1. The molecule has 0 radical (unpaired) electrons. The number of aromatic nitrogens is 1. The summed E-state index contributed by atoms with van der Waals surface area (Å²) in [6.07, 6.45) is 4.44. The van der Waals surface area contributed by atoms with Gasteiger partial charge in [-0.15, -0.1) is 0 Å². The van der Waals surface area contributed by atoms with Crippen LogP contribution in [0.15, 0.2) is 24.3 Å². The number of carboxylic acid groups (broad SMARTS) is 1. The summed E-state index contributed by atoms with van der Waals surface area (Å²) in [5, 5.41) is 8.26. The summed E-state index contributed by atoms with van der Waals surface area (Å²) in [6.45, 7) is 2.73. The van der Waals surface area contributed by atoms with Crippen molar-refractivity contribution < 1.29 is 14.3 Å². The lowest BCUT2D eigenvalue weighted by atomic mass is 10.3. The fraction of sp³-hybridized carbons (Fsp3) is 0.222. The van der Waals surface area contributed by atoms with E-state index in [0.717, 1.165) is 12.6 Å². The smallest absolute Gasteiger partial charge is 0.364 e. The average Bonchev–Trinajstić information content (AvgIpc) is 2.52. The van der Waals surface area contributed by atoms with Crippen LogP contribution in [0.2, 0.25) is 0 Å². The molecule has 0 aromatic carbocycles. The molecule has 1 N–H and O–H groups in total. The van der Waals surface area contributed by atoms with Crippen LogP contribution in [0.4, 0.5) is 4.39 Å². The number of aliphatic carboxylic acids is 1. The van der Waals surface area contributed by atoms with E-state index in [1.54, 1.807) is 18.5 Å². The van der Waals surface area contributed by atoms with Crippen LogP contribution in [0, 0.1) is 0 Å². The first-order valence-corrected chi connectivity index (χ1v) is 3.89. The highest BCUT2D eigenvalue weighted by molar-refractivity contribution is 5.89. The predicted octanol–water partition coefficient (Wildman–Crippen LogP) is 1.90. The van der Waals surface area contributed by atoms with Crippen LogP contribution >= 0.6 is 0 Å². The molecular weight excluding hydrogens is 173 g/mol. The second-order valence-corrected chi connectivity index (χ2v) is 2.57. The Morgan fingerprint density at radius 3 is 2.92 bits per heavy atom. The van der Waals surface area contributed by atoms with Crippen molar-refractivity contribution in [1.82, 2.24) is 4.57 Å². The van der Waals surface area contributed by atoms with Crippen molar-refractivity contribution in [2.45, 2.75) is 13.5 Å². The Morgan fingerprint density at radius 1 is 1.77 bits per heavy atom. The van der Waals surface area contributed by atoms with E-state index in [1.165, 1.54) is 0 Å². The molecule has 0 unspecified atom stereocenters. The maximum Gasteiger partial charge on any atom is 0.364 e. The van der Waals surface area contributed by atoms with Crippen molar-refractivity contribution in [2.24, 2.45) is 0 Å². The minimum absolute atomic E-state index is 0.557. The SMILES string of the molecule is CCn1ccc(C=C(F)C(=O)O)c1. The zero-order valence-corrected chi connectivity index (χ0v) is 7.20. The molecule has 4 heteroatoms. The zero-order valence-electron chi connectivity index (χ0n) is 7.20. The van der Waals surface area contributed by atoms with Crippen LogP contribution < -0.4 is 0 Å². The van der Waals surface area contributed by atoms with Crippen molar-refractivity contribution in [3.8, 4) is 0 Å². The van der Waals surface area contributed by atoms with Crippen LogP contribution in [-0.4, -0.2) is 15.6 Å². The van der Waals surface area contributed by atoms with Gasteiger partial charge in [0.05, 0.1) is 0 Å². The van der Waals surface area contributed by atoms with Crippen molar-refractivity contribution in [3.63, 3.8) is 0 Å². The first-order valence-electron chi connectivity index (χ1n) is 3.89. The van der Waals surface area contributed by atoms with E-state index in [1.807, 2.05) is 11.5 Å². The van der Waals surface area contributed by atoms with E-state index in [-0.39, 0.29) is 0 Å². The Bertz CT molecular complexity index is 341. The number of halogens is 1. The average molecular weight is 183 g/mol. The number of carbonyl (C=O) groups is 1. The number of aryl methyl sites for hydroxylation is 1. The van der Waals surface area contributed by atoms with Gasteiger partial charge in [0.15, 0.2) is 0 Å². The van der Waals surface area contributed by atoms with Gasteiger partial charge >= 0.3 is 5.97 Å². The molecule has 0 fully saturated rings. The van der Waals surface area contributed by atoms with E-state index in [9.17, 15) is 9.18 Å². The van der Waals surface area contributed by atoms with Gasteiger partial charge in [0.25, 0.3) is 0 Å². The van der Waals surface area contributed by atoms with E-state index >= 15 is 0 Å². The van der Waals surface area contributed by atoms with Crippen molar-refractivity contribution in [2.75, 3.05) is 0 Å². The van der Waals surface area contributed by atoms with E-state index < -0.39 is 11.8 Å². The molecular formula is C9H10FNO2. The van der Waals surface area contributed by atoms with Gasteiger partial charge in [0, 0.05) is 18.9 Å². The lowest BCUT2D eigenvalue weighted by molar-refractivity contribution is -0.134. The van der Waals surface area contributed by atoms with Crippen LogP contribution in [0.3, 0.4) is 0 Å². The minimum Gasteiger partial charge on any atom is -0.476 e. The summed E-state index contributed by atoms with van der Waals surface area (Å²) in [7, 11) is 0. The second-order valence-electron chi connectivity index (χ2n) is 2.57. The molecule has 1 aromatic heterocycles. The monoisotopic (exact) mass is 183 g/mol. The van der Waals surface area contributed by atoms with Crippen molar-refractivity contribution >= 4 is 12.0 Å². The predicted molar refractivity (Wildman–Crippen MR) is 46.8 cm³/mol. The highest BCUT2D eigenvalue weighted by Crippen LogP contribution is 2.08. The third-order valence-electron chi connectivity index (χ3n) is 1.64. The molecule has 0 aliphatic heterocycles. The summed E-state index contributed by atoms with van der Waals surface area (Å²) in [6, 6.07) is 1.66. The molecule has 0 atom stereocenters. The van der Waals surface area contributed by atoms with Crippen LogP contribution in [0.1, 0.15) is 12.5 Å². The van der Waals surface area contributed by atoms with Crippen molar-refractivity contribution in [3.05, 3.63) is 29.9 Å². The van der Waals surface area contributed by atoms with Gasteiger partial charge in [-0.1, -0.05) is 0 Å². The Labute approximate surface area is 75.1 Å². The van der Waals surface area contributed by atoms with Gasteiger partial charge in [-0.3, -0.25) is 0 Å². The normalized spacial score (nSPS) is 11.7. The topological polar surface area (TPSA) is 42.2 Å². The number of hydrogen-bond acceptors (Lipinski definition) is 1. The Morgan fingerprint density at radius 2 is 2.46 bits per heavy atom. The number of nitrogens with zero attached hydrogens (tertiary/aromatic N) is 1. The minimum atomic E-state index is -1.54. The molecule has 0 saturated heterocycles. The molecule has 13 heavy (non-hydrogen) atoms. The molecule has 0 bridgehead atoms. The van der Waals surface area contributed by atoms with Gasteiger partial charge < -0.3 is 9.67 Å². The van der Waals surface area contributed by atoms with E-state index in [4.69, 9.17) is 5.11 Å². The van der Waals surface area contributed by atoms with Gasteiger partial charge in [0.1, 0.15) is 0 Å². The number of rotatable bonds is 3. The molecule has 0 aliphatic carbocycles. The quantitative estimate of drug-likeness (QED) is 0.727. The molecule has 0 aliphatic rings. The lowest BCUT2D eigenvalue weighted by Gasteiger charge is -1.92. The first kappa shape index (κ1) is 9.51. The second kappa shape index (κ2) is 3.89. The maximum absolute atomic E-state index is 12.6. The third kappa shape index (κ3) is 2.43. The van der Waals surface area contributed by atoms with Crippen LogP contribution in [-0.2, 0) is 11.3 Å². The standard InChI is InChI=1S/C9H10FNO2/c1-2-11-4-3-7(6-11)5-8(10)9(12)13/h3-6H,2H2,1H3,(H,12,13). The molecule has 0 saturated carbocycles. The van der Waals surface area contributed by atoms with Gasteiger partial charge in [-0.25, -0.2) is 4.79 Å². The van der Waals surface area contributed by atoms with Gasteiger partial charge in [-0.2, -0.15) is 4.39 Å². The summed E-state index contributed by atoms with van der Waals surface area (Å²) in [4.78, 5) is 10.1. The number of hydrogen-bond donors (Lipinski definition) is 1. The molecule has 1 aromatic rings. The lowest BCUT2D eigenvalue weighted by Crippen LogP contribution is -1.93.